The normalized spacial score (nSPS) is 15.8. The van der Waals surface area contributed by atoms with Gasteiger partial charge in [0.15, 0.2) is 0 Å². The third-order valence-corrected chi connectivity index (χ3v) is 3.81. The first-order valence-corrected chi connectivity index (χ1v) is 7.36. The van der Waals surface area contributed by atoms with Crippen LogP contribution in [0.3, 0.4) is 0 Å². The SMILES string of the molecule is CCOc1ccc(CC(=O)N(C)C2CCOCC2)c(F)c1. The van der Waals surface area contributed by atoms with Gasteiger partial charge >= 0.3 is 0 Å². The van der Waals surface area contributed by atoms with E-state index < -0.39 is 5.82 Å². The second kappa shape index (κ2) is 7.41. The monoisotopic (exact) mass is 295 g/mol. The molecule has 21 heavy (non-hydrogen) atoms. The van der Waals surface area contributed by atoms with Crippen LogP contribution in [0.1, 0.15) is 25.3 Å². The molecule has 4 nitrogen and oxygen atoms in total. The quantitative estimate of drug-likeness (QED) is 0.837. The van der Waals surface area contributed by atoms with E-state index >= 15 is 0 Å². The zero-order valence-corrected chi connectivity index (χ0v) is 12.6. The average molecular weight is 295 g/mol. The van der Waals surface area contributed by atoms with E-state index in [9.17, 15) is 9.18 Å². The molecule has 1 aliphatic rings. The fourth-order valence-corrected chi connectivity index (χ4v) is 2.49. The van der Waals surface area contributed by atoms with E-state index in [1.165, 1.54) is 6.07 Å². The molecule has 1 heterocycles. The van der Waals surface area contributed by atoms with Gasteiger partial charge in [-0.2, -0.15) is 0 Å². The van der Waals surface area contributed by atoms with E-state index in [1.807, 2.05) is 6.92 Å². The Bertz CT molecular complexity index is 486. The number of benzene rings is 1. The highest BCUT2D eigenvalue weighted by Gasteiger charge is 2.23. The lowest BCUT2D eigenvalue weighted by Crippen LogP contribution is -2.41. The van der Waals surface area contributed by atoms with Crippen molar-refractivity contribution in [2.75, 3.05) is 26.9 Å². The van der Waals surface area contributed by atoms with Crippen LogP contribution >= 0.6 is 0 Å². The van der Waals surface area contributed by atoms with Crippen LogP contribution in [0.5, 0.6) is 5.75 Å². The van der Waals surface area contributed by atoms with Crippen molar-refractivity contribution in [2.45, 2.75) is 32.2 Å². The number of hydrogen-bond acceptors (Lipinski definition) is 3. The number of carbonyl (C=O) groups is 1. The van der Waals surface area contributed by atoms with Gasteiger partial charge in [-0.05, 0) is 31.4 Å². The summed E-state index contributed by atoms with van der Waals surface area (Å²) >= 11 is 0. The Balaban J connectivity index is 1.98. The summed E-state index contributed by atoms with van der Waals surface area (Å²) in [6, 6.07) is 4.84. The largest absolute Gasteiger partial charge is 0.494 e. The summed E-state index contributed by atoms with van der Waals surface area (Å²) in [5.41, 5.74) is 0.405. The molecule has 1 fully saturated rings. The molecule has 1 aromatic rings. The molecule has 1 aliphatic heterocycles. The lowest BCUT2D eigenvalue weighted by Gasteiger charge is -2.31. The molecule has 0 aliphatic carbocycles. The molecule has 2 rings (SSSR count). The molecule has 0 aromatic heterocycles. The summed E-state index contributed by atoms with van der Waals surface area (Å²) in [7, 11) is 1.78. The molecule has 0 bridgehead atoms. The Labute approximate surface area is 124 Å². The van der Waals surface area contributed by atoms with E-state index in [1.54, 1.807) is 24.1 Å². The maximum absolute atomic E-state index is 14.0. The van der Waals surface area contributed by atoms with Gasteiger partial charge in [0.05, 0.1) is 13.0 Å². The molecule has 116 valence electrons. The summed E-state index contributed by atoms with van der Waals surface area (Å²) in [5.74, 6) is 0.0311. The van der Waals surface area contributed by atoms with Crippen molar-refractivity contribution in [3.05, 3.63) is 29.6 Å². The molecule has 1 aromatic carbocycles. The maximum atomic E-state index is 14.0. The van der Waals surface area contributed by atoms with Gasteiger partial charge < -0.3 is 14.4 Å². The molecule has 0 N–H and O–H groups in total. The Morgan fingerprint density at radius 3 is 2.76 bits per heavy atom. The molecule has 0 unspecified atom stereocenters. The fourth-order valence-electron chi connectivity index (χ4n) is 2.49. The van der Waals surface area contributed by atoms with Crippen LogP contribution in [-0.2, 0) is 16.0 Å². The number of halogens is 1. The molecule has 0 atom stereocenters. The first-order chi connectivity index (χ1) is 10.1. The van der Waals surface area contributed by atoms with Gasteiger partial charge in [0.2, 0.25) is 5.91 Å². The number of hydrogen-bond donors (Lipinski definition) is 0. The van der Waals surface area contributed by atoms with Crippen molar-refractivity contribution in [3.8, 4) is 5.75 Å². The van der Waals surface area contributed by atoms with E-state index in [0.29, 0.717) is 31.1 Å². The van der Waals surface area contributed by atoms with Crippen LogP contribution in [0.25, 0.3) is 0 Å². The van der Waals surface area contributed by atoms with E-state index in [2.05, 4.69) is 0 Å². The van der Waals surface area contributed by atoms with Crippen LogP contribution in [0.15, 0.2) is 18.2 Å². The smallest absolute Gasteiger partial charge is 0.227 e. The summed E-state index contributed by atoms with van der Waals surface area (Å²) in [4.78, 5) is 14.0. The molecular weight excluding hydrogens is 273 g/mol. The second-order valence-electron chi connectivity index (χ2n) is 5.21. The Morgan fingerprint density at radius 2 is 2.14 bits per heavy atom. The summed E-state index contributed by atoms with van der Waals surface area (Å²) in [5, 5.41) is 0. The summed E-state index contributed by atoms with van der Waals surface area (Å²) in [6.45, 7) is 3.70. The van der Waals surface area contributed by atoms with Crippen molar-refractivity contribution in [1.82, 2.24) is 4.90 Å². The third kappa shape index (κ3) is 4.17. The Hall–Kier alpha value is -1.62. The van der Waals surface area contributed by atoms with E-state index in [-0.39, 0.29) is 18.4 Å². The lowest BCUT2D eigenvalue weighted by atomic mass is 10.1. The Morgan fingerprint density at radius 1 is 1.43 bits per heavy atom. The van der Waals surface area contributed by atoms with Crippen molar-refractivity contribution in [3.63, 3.8) is 0 Å². The second-order valence-corrected chi connectivity index (χ2v) is 5.21. The minimum absolute atomic E-state index is 0.0649. The van der Waals surface area contributed by atoms with Crippen molar-refractivity contribution < 1.29 is 18.7 Å². The van der Waals surface area contributed by atoms with E-state index in [0.717, 1.165) is 12.8 Å². The molecule has 0 radical (unpaired) electrons. The number of carbonyl (C=O) groups excluding carboxylic acids is 1. The highest BCUT2D eigenvalue weighted by Crippen LogP contribution is 2.19. The predicted molar refractivity (Wildman–Crippen MR) is 77.9 cm³/mol. The first-order valence-electron chi connectivity index (χ1n) is 7.36. The van der Waals surface area contributed by atoms with Gasteiger partial charge in [-0.1, -0.05) is 6.07 Å². The topological polar surface area (TPSA) is 38.8 Å². The number of nitrogens with zero attached hydrogens (tertiary/aromatic N) is 1. The zero-order valence-electron chi connectivity index (χ0n) is 12.6. The maximum Gasteiger partial charge on any atom is 0.227 e. The van der Waals surface area contributed by atoms with Crippen LogP contribution in [0.2, 0.25) is 0 Å². The summed E-state index contributed by atoms with van der Waals surface area (Å²) < 4.78 is 24.5. The standard InChI is InChI=1S/C16H22FNO3/c1-3-21-14-5-4-12(15(17)11-14)10-16(19)18(2)13-6-8-20-9-7-13/h4-5,11,13H,3,6-10H2,1-2H3. The molecule has 5 heteroatoms. The van der Waals surface area contributed by atoms with Gasteiger partial charge in [0.25, 0.3) is 0 Å². The van der Waals surface area contributed by atoms with Gasteiger partial charge in [0.1, 0.15) is 11.6 Å². The van der Waals surface area contributed by atoms with Crippen molar-refractivity contribution in [2.24, 2.45) is 0 Å². The average Bonchev–Trinajstić information content (AvgIpc) is 2.50. The number of likely N-dealkylation sites (N-methyl/N-ethyl adjacent to an activating group) is 1. The van der Waals surface area contributed by atoms with Gasteiger partial charge in [-0.15, -0.1) is 0 Å². The first kappa shape index (κ1) is 15.8. The van der Waals surface area contributed by atoms with Crippen LogP contribution < -0.4 is 4.74 Å². The van der Waals surface area contributed by atoms with E-state index in [4.69, 9.17) is 9.47 Å². The number of rotatable bonds is 5. The minimum atomic E-state index is -0.394. The Kier molecular flexibility index (Phi) is 5.56. The molecule has 1 saturated heterocycles. The van der Waals surface area contributed by atoms with Crippen molar-refractivity contribution in [1.29, 1.82) is 0 Å². The van der Waals surface area contributed by atoms with Crippen LogP contribution in [0, 0.1) is 5.82 Å². The number of ether oxygens (including phenoxy) is 2. The third-order valence-electron chi connectivity index (χ3n) is 3.81. The highest BCUT2D eigenvalue weighted by molar-refractivity contribution is 5.79. The van der Waals surface area contributed by atoms with Crippen molar-refractivity contribution >= 4 is 5.91 Å². The fraction of sp³-hybridized carbons (Fsp3) is 0.562. The minimum Gasteiger partial charge on any atom is -0.494 e. The molecule has 0 saturated carbocycles. The zero-order chi connectivity index (χ0) is 15.2. The van der Waals surface area contributed by atoms with Gasteiger partial charge in [0, 0.05) is 32.4 Å². The molecular formula is C16H22FNO3. The van der Waals surface area contributed by atoms with Crippen LogP contribution in [0.4, 0.5) is 4.39 Å². The predicted octanol–water partition coefficient (Wildman–Crippen LogP) is 2.40. The molecule has 1 amide bonds. The lowest BCUT2D eigenvalue weighted by molar-refractivity contribution is -0.132. The molecule has 0 spiro atoms. The summed E-state index contributed by atoms with van der Waals surface area (Å²) in [6.07, 6.45) is 1.76. The highest BCUT2D eigenvalue weighted by atomic mass is 19.1. The van der Waals surface area contributed by atoms with Gasteiger partial charge in [-0.25, -0.2) is 4.39 Å². The van der Waals surface area contributed by atoms with Crippen LogP contribution in [-0.4, -0.2) is 43.7 Å². The van der Waals surface area contributed by atoms with Gasteiger partial charge in [-0.3, -0.25) is 4.79 Å². The number of amides is 1.